The van der Waals surface area contributed by atoms with Gasteiger partial charge in [0.2, 0.25) is 0 Å². The zero-order valence-corrected chi connectivity index (χ0v) is 11.3. The number of carbonyl (C=O) groups excluding carboxylic acids is 1. The van der Waals surface area contributed by atoms with Gasteiger partial charge < -0.3 is 15.4 Å². The van der Waals surface area contributed by atoms with Crippen LogP contribution in [-0.2, 0) is 0 Å². The normalized spacial score (nSPS) is 19.4. The third-order valence-electron chi connectivity index (χ3n) is 4.29. The molecule has 1 saturated carbocycles. The minimum atomic E-state index is -0.0119. The molecule has 0 spiro atoms. The smallest absolute Gasteiger partial charge is 0.255 e. The molecular formula is C15H20N2O2. The van der Waals surface area contributed by atoms with E-state index in [1.807, 2.05) is 18.2 Å². The van der Waals surface area contributed by atoms with Gasteiger partial charge in [-0.15, -0.1) is 0 Å². The number of benzene rings is 1. The van der Waals surface area contributed by atoms with Crippen molar-refractivity contribution in [2.45, 2.75) is 38.1 Å². The Morgan fingerprint density at radius 2 is 2.32 bits per heavy atom. The van der Waals surface area contributed by atoms with E-state index in [-0.39, 0.29) is 11.4 Å². The van der Waals surface area contributed by atoms with E-state index in [1.54, 1.807) is 0 Å². The number of ether oxygens (including phenoxy) is 1. The van der Waals surface area contributed by atoms with E-state index in [1.165, 1.54) is 6.42 Å². The van der Waals surface area contributed by atoms with Gasteiger partial charge in [-0.1, -0.05) is 13.0 Å². The van der Waals surface area contributed by atoms with E-state index < -0.39 is 0 Å². The lowest BCUT2D eigenvalue weighted by Crippen LogP contribution is -2.53. The van der Waals surface area contributed by atoms with Crippen molar-refractivity contribution in [2.24, 2.45) is 0 Å². The van der Waals surface area contributed by atoms with Crippen LogP contribution in [0.1, 0.15) is 43.0 Å². The van der Waals surface area contributed by atoms with Crippen molar-refractivity contribution in [2.75, 3.05) is 18.5 Å². The van der Waals surface area contributed by atoms with Gasteiger partial charge in [0.15, 0.2) is 5.75 Å². The summed E-state index contributed by atoms with van der Waals surface area (Å²) in [5.41, 5.74) is 1.57. The van der Waals surface area contributed by atoms with Gasteiger partial charge in [-0.05, 0) is 37.8 Å². The summed E-state index contributed by atoms with van der Waals surface area (Å²) in [5.74, 6) is 0.680. The lowest BCUT2D eigenvalue weighted by Gasteiger charge is -2.42. The second-order valence-electron chi connectivity index (χ2n) is 5.40. The SMILES string of the molecule is CCC1(NC(=O)c2cccc3c2OCCN3)CCC1. The van der Waals surface area contributed by atoms with Gasteiger partial charge in [-0.3, -0.25) is 4.79 Å². The highest BCUT2D eigenvalue weighted by Gasteiger charge is 2.37. The molecule has 1 fully saturated rings. The molecular weight excluding hydrogens is 240 g/mol. The Hall–Kier alpha value is -1.71. The first kappa shape index (κ1) is 12.3. The fourth-order valence-corrected chi connectivity index (χ4v) is 2.83. The third kappa shape index (κ3) is 2.15. The molecule has 1 aliphatic heterocycles. The van der Waals surface area contributed by atoms with Crippen LogP contribution in [-0.4, -0.2) is 24.6 Å². The summed E-state index contributed by atoms with van der Waals surface area (Å²) < 4.78 is 5.65. The third-order valence-corrected chi connectivity index (χ3v) is 4.29. The zero-order valence-electron chi connectivity index (χ0n) is 11.3. The fourth-order valence-electron chi connectivity index (χ4n) is 2.83. The quantitative estimate of drug-likeness (QED) is 0.878. The molecule has 1 heterocycles. The van der Waals surface area contributed by atoms with Crippen molar-refractivity contribution in [1.29, 1.82) is 0 Å². The Kier molecular flexibility index (Phi) is 3.09. The molecule has 0 radical (unpaired) electrons. The van der Waals surface area contributed by atoms with Crippen LogP contribution in [0.3, 0.4) is 0 Å². The van der Waals surface area contributed by atoms with Crippen LogP contribution in [0.4, 0.5) is 5.69 Å². The second-order valence-corrected chi connectivity index (χ2v) is 5.40. The zero-order chi connectivity index (χ0) is 13.3. The van der Waals surface area contributed by atoms with Gasteiger partial charge in [-0.25, -0.2) is 0 Å². The largest absolute Gasteiger partial charge is 0.489 e. The van der Waals surface area contributed by atoms with Crippen molar-refractivity contribution in [3.63, 3.8) is 0 Å². The van der Waals surface area contributed by atoms with Gasteiger partial charge in [0.1, 0.15) is 6.61 Å². The van der Waals surface area contributed by atoms with Crippen molar-refractivity contribution >= 4 is 11.6 Å². The summed E-state index contributed by atoms with van der Waals surface area (Å²) in [6.07, 6.45) is 4.37. The topological polar surface area (TPSA) is 50.4 Å². The average Bonchev–Trinajstić information content (AvgIpc) is 2.42. The van der Waals surface area contributed by atoms with Crippen LogP contribution < -0.4 is 15.4 Å². The molecule has 102 valence electrons. The number of rotatable bonds is 3. The van der Waals surface area contributed by atoms with Gasteiger partial charge in [0, 0.05) is 12.1 Å². The van der Waals surface area contributed by atoms with E-state index in [4.69, 9.17) is 4.74 Å². The van der Waals surface area contributed by atoms with Crippen molar-refractivity contribution in [3.05, 3.63) is 23.8 Å². The Morgan fingerprint density at radius 1 is 1.47 bits per heavy atom. The highest BCUT2D eigenvalue weighted by molar-refractivity contribution is 5.99. The van der Waals surface area contributed by atoms with Gasteiger partial charge in [-0.2, -0.15) is 0 Å². The number of hydrogen-bond donors (Lipinski definition) is 2. The Bertz CT molecular complexity index is 489. The summed E-state index contributed by atoms with van der Waals surface area (Å²) in [6, 6.07) is 5.68. The van der Waals surface area contributed by atoms with E-state index in [9.17, 15) is 4.79 Å². The molecule has 2 N–H and O–H groups in total. The predicted octanol–water partition coefficient (Wildman–Crippen LogP) is 2.55. The summed E-state index contributed by atoms with van der Waals surface area (Å²) in [4.78, 5) is 12.5. The molecule has 0 aromatic heterocycles. The first-order valence-electron chi connectivity index (χ1n) is 7.06. The summed E-state index contributed by atoms with van der Waals surface area (Å²) in [7, 11) is 0. The average molecular weight is 260 g/mol. The molecule has 4 nitrogen and oxygen atoms in total. The van der Waals surface area contributed by atoms with Crippen molar-refractivity contribution in [3.8, 4) is 5.75 Å². The Balaban J connectivity index is 1.84. The first-order valence-corrected chi connectivity index (χ1v) is 7.06. The number of fused-ring (bicyclic) bond motifs is 1. The van der Waals surface area contributed by atoms with E-state index in [2.05, 4.69) is 17.6 Å². The summed E-state index contributed by atoms with van der Waals surface area (Å²) in [6.45, 7) is 3.53. The highest BCUT2D eigenvalue weighted by Crippen LogP contribution is 2.36. The van der Waals surface area contributed by atoms with Crippen LogP contribution in [0.25, 0.3) is 0 Å². The van der Waals surface area contributed by atoms with Crippen molar-refractivity contribution < 1.29 is 9.53 Å². The number of carbonyl (C=O) groups is 1. The molecule has 19 heavy (non-hydrogen) atoms. The molecule has 1 aliphatic carbocycles. The van der Waals surface area contributed by atoms with Gasteiger partial charge >= 0.3 is 0 Å². The number of para-hydroxylation sites is 1. The predicted molar refractivity (Wildman–Crippen MR) is 74.8 cm³/mol. The van der Waals surface area contributed by atoms with E-state index in [0.29, 0.717) is 17.9 Å². The van der Waals surface area contributed by atoms with Gasteiger partial charge in [0.25, 0.3) is 5.91 Å². The minimum Gasteiger partial charge on any atom is -0.489 e. The number of anilines is 1. The van der Waals surface area contributed by atoms with Crippen LogP contribution in [0.5, 0.6) is 5.75 Å². The maximum atomic E-state index is 12.5. The Labute approximate surface area is 113 Å². The molecule has 0 bridgehead atoms. The van der Waals surface area contributed by atoms with E-state index >= 15 is 0 Å². The maximum Gasteiger partial charge on any atom is 0.255 e. The fraction of sp³-hybridized carbons (Fsp3) is 0.533. The molecule has 1 amide bonds. The van der Waals surface area contributed by atoms with Gasteiger partial charge in [0.05, 0.1) is 11.3 Å². The molecule has 0 saturated heterocycles. The van der Waals surface area contributed by atoms with E-state index in [0.717, 1.165) is 31.5 Å². The summed E-state index contributed by atoms with van der Waals surface area (Å²) >= 11 is 0. The van der Waals surface area contributed by atoms with Crippen LogP contribution in [0.15, 0.2) is 18.2 Å². The number of nitrogens with one attached hydrogen (secondary N) is 2. The minimum absolute atomic E-state index is 0.0119. The van der Waals surface area contributed by atoms with Crippen LogP contribution in [0, 0.1) is 0 Å². The Morgan fingerprint density at radius 3 is 3.00 bits per heavy atom. The number of amides is 1. The standard InChI is InChI=1S/C15H20N2O2/c1-2-15(7-4-8-15)17-14(18)11-5-3-6-12-13(11)19-10-9-16-12/h3,5-6,16H,2,4,7-10H2,1H3,(H,17,18). The maximum absolute atomic E-state index is 12.5. The molecule has 1 aromatic carbocycles. The number of hydrogen-bond acceptors (Lipinski definition) is 3. The highest BCUT2D eigenvalue weighted by atomic mass is 16.5. The molecule has 2 aliphatic rings. The molecule has 0 atom stereocenters. The molecule has 1 aromatic rings. The molecule has 3 rings (SSSR count). The monoisotopic (exact) mass is 260 g/mol. The first-order chi connectivity index (χ1) is 9.24. The lowest BCUT2D eigenvalue weighted by molar-refractivity contribution is 0.0816. The van der Waals surface area contributed by atoms with Crippen LogP contribution in [0.2, 0.25) is 0 Å². The molecule has 0 unspecified atom stereocenters. The lowest BCUT2D eigenvalue weighted by atomic mass is 9.74. The molecule has 4 heteroatoms. The second kappa shape index (κ2) is 4.76. The van der Waals surface area contributed by atoms with Crippen molar-refractivity contribution in [1.82, 2.24) is 5.32 Å². The van der Waals surface area contributed by atoms with Crippen LogP contribution >= 0.6 is 0 Å². The summed E-state index contributed by atoms with van der Waals surface area (Å²) in [5, 5.41) is 6.46.